The number of urea groups is 1. The zero-order chi connectivity index (χ0) is 14.5. The number of thioether (sulfide) groups is 1. The number of rotatable bonds is 3. The Morgan fingerprint density at radius 1 is 1.00 bits per heavy atom. The van der Waals surface area contributed by atoms with Gasteiger partial charge < -0.3 is 10.6 Å². The molecule has 104 valence electrons. The van der Waals surface area contributed by atoms with E-state index in [1.807, 2.05) is 30.5 Å². The van der Waals surface area contributed by atoms with E-state index in [1.54, 1.807) is 30.0 Å². The Labute approximate surface area is 131 Å². The van der Waals surface area contributed by atoms with Gasteiger partial charge in [-0.1, -0.05) is 29.3 Å². The first-order valence-corrected chi connectivity index (χ1v) is 7.73. The third-order valence-corrected chi connectivity index (χ3v) is 3.61. The summed E-state index contributed by atoms with van der Waals surface area (Å²) in [5.41, 5.74) is 1.27. The molecular weight excluding hydrogens is 315 g/mol. The molecule has 0 aliphatic rings. The highest BCUT2D eigenvalue weighted by molar-refractivity contribution is 7.98. The summed E-state index contributed by atoms with van der Waals surface area (Å²) in [5, 5.41) is 6.38. The molecular formula is C14H12Cl2N2OS. The Bertz CT molecular complexity index is 614. The van der Waals surface area contributed by atoms with Crippen molar-refractivity contribution in [3.8, 4) is 0 Å². The van der Waals surface area contributed by atoms with E-state index in [1.165, 1.54) is 0 Å². The summed E-state index contributed by atoms with van der Waals surface area (Å²) in [5.74, 6) is 0. The van der Waals surface area contributed by atoms with Crippen LogP contribution in [0.1, 0.15) is 0 Å². The number of carbonyl (C=O) groups excluding carboxylic acids is 1. The Morgan fingerprint density at radius 2 is 1.65 bits per heavy atom. The molecule has 6 heteroatoms. The molecule has 2 rings (SSSR count). The summed E-state index contributed by atoms with van der Waals surface area (Å²) in [6.45, 7) is 0. The van der Waals surface area contributed by atoms with Crippen LogP contribution in [0.3, 0.4) is 0 Å². The molecule has 2 N–H and O–H groups in total. The van der Waals surface area contributed by atoms with E-state index in [4.69, 9.17) is 23.2 Å². The molecule has 2 amide bonds. The number of nitrogens with one attached hydrogen (secondary N) is 2. The maximum atomic E-state index is 11.9. The van der Waals surface area contributed by atoms with Crippen molar-refractivity contribution in [1.82, 2.24) is 0 Å². The van der Waals surface area contributed by atoms with Crippen LogP contribution in [-0.4, -0.2) is 12.3 Å². The summed E-state index contributed by atoms with van der Waals surface area (Å²) in [6.07, 6.45) is 1.98. The molecule has 0 spiro atoms. The summed E-state index contributed by atoms with van der Waals surface area (Å²) in [4.78, 5) is 13.0. The van der Waals surface area contributed by atoms with Crippen LogP contribution < -0.4 is 10.6 Å². The summed E-state index contributed by atoms with van der Waals surface area (Å²) in [6, 6.07) is 12.1. The highest BCUT2D eigenvalue weighted by Crippen LogP contribution is 2.23. The zero-order valence-corrected chi connectivity index (χ0v) is 12.9. The maximum absolute atomic E-state index is 11.9. The lowest BCUT2D eigenvalue weighted by atomic mass is 10.3. The van der Waals surface area contributed by atoms with Gasteiger partial charge in [0.25, 0.3) is 0 Å². The van der Waals surface area contributed by atoms with E-state index in [-0.39, 0.29) is 6.03 Å². The molecule has 2 aromatic rings. The molecule has 0 radical (unpaired) electrons. The second-order valence-electron chi connectivity index (χ2n) is 3.97. The highest BCUT2D eigenvalue weighted by Gasteiger charge is 2.05. The molecule has 0 saturated carbocycles. The molecule has 0 unspecified atom stereocenters. The van der Waals surface area contributed by atoms with Crippen molar-refractivity contribution in [3.63, 3.8) is 0 Å². The van der Waals surface area contributed by atoms with E-state index < -0.39 is 0 Å². The Morgan fingerprint density at radius 3 is 2.30 bits per heavy atom. The number of halogens is 2. The van der Waals surface area contributed by atoms with Crippen molar-refractivity contribution < 1.29 is 4.79 Å². The molecule has 0 saturated heterocycles. The predicted octanol–water partition coefficient (Wildman–Crippen LogP) is 5.36. The Kier molecular flexibility index (Phi) is 5.17. The fourth-order valence-electron chi connectivity index (χ4n) is 1.62. The maximum Gasteiger partial charge on any atom is 0.323 e. The van der Waals surface area contributed by atoms with Crippen LogP contribution in [0.25, 0.3) is 0 Å². The lowest BCUT2D eigenvalue weighted by molar-refractivity contribution is 0.262. The van der Waals surface area contributed by atoms with Gasteiger partial charge in [-0.3, -0.25) is 0 Å². The summed E-state index contributed by atoms with van der Waals surface area (Å²) in [7, 11) is 0. The van der Waals surface area contributed by atoms with Gasteiger partial charge in [-0.15, -0.1) is 11.8 Å². The normalized spacial score (nSPS) is 10.2. The van der Waals surface area contributed by atoms with Gasteiger partial charge >= 0.3 is 6.03 Å². The zero-order valence-electron chi connectivity index (χ0n) is 10.6. The average Bonchev–Trinajstić information content (AvgIpc) is 2.37. The molecule has 3 nitrogen and oxygen atoms in total. The minimum Gasteiger partial charge on any atom is -0.308 e. The van der Waals surface area contributed by atoms with Crippen LogP contribution in [0.5, 0.6) is 0 Å². The lowest BCUT2D eigenvalue weighted by Crippen LogP contribution is -2.19. The molecule has 2 aromatic carbocycles. The molecule has 0 aromatic heterocycles. The fraction of sp³-hybridized carbons (Fsp3) is 0.0714. The molecule has 0 fully saturated rings. The van der Waals surface area contributed by atoms with Crippen LogP contribution >= 0.6 is 35.0 Å². The first kappa shape index (κ1) is 15.0. The van der Waals surface area contributed by atoms with Crippen molar-refractivity contribution in [3.05, 3.63) is 52.5 Å². The van der Waals surface area contributed by atoms with Crippen LogP contribution in [0.15, 0.2) is 47.4 Å². The lowest BCUT2D eigenvalue weighted by Gasteiger charge is -2.09. The van der Waals surface area contributed by atoms with E-state index >= 15 is 0 Å². The minimum atomic E-state index is -0.346. The number of benzene rings is 2. The van der Waals surface area contributed by atoms with Crippen molar-refractivity contribution >= 4 is 52.4 Å². The molecule has 0 heterocycles. The monoisotopic (exact) mass is 326 g/mol. The number of amides is 2. The standard InChI is InChI=1S/C14H12Cl2N2OS/c1-20-13-4-2-3-11(8-13)17-14(19)18-12-6-9(15)5-10(16)7-12/h2-8H,1H3,(H2,17,18,19). The summed E-state index contributed by atoms with van der Waals surface area (Å²) < 4.78 is 0. The van der Waals surface area contributed by atoms with Gasteiger partial charge in [0, 0.05) is 26.3 Å². The number of anilines is 2. The predicted molar refractivity (Wildman–Crippen MR) is 87.3 cm³/mol. The van der Waals surface area contributed by atoms with Crippen LogP contribution in [0.4, 0.5) is 16.2 Å². The third-order valence-electron chi connectivity index (χ3n) is 2.45. The largest absolute Gasteiger partial charge is 0.323 e. The first-order chi connectivity index (χ1) is 9.56. The van der Waals surface area contributed by atoms with Gasteiger partial charge in [0.15, 0.2) is 0 Å². The Hall–Kier alpha value is -1.36. The highest BCUT2D eigenvalue weighted by atomic mass is 35.5. The van der Waals surface area contributed by atoms with Crippen molar-refractivity contribution in [2.75, 3.05) is 16.9 Å². The van der Waals surface area contributed by atoms with Gasteiger partial charge in [0.1, 0.15) is 0 Å². The molecule has 0 bridgehead atoms. The van der Waals surface area contributed by atoms with E-state index in [9.17, 15) is 4.79 Å². The van der Waals surface area contributed by atoms with Crippen LogP contribution in [0, 0.1) is 0 Å². The second kappa shape index (κ2) is 6.88. The number of hydrogen-bond acceptors (Lipinski definition) is 2. The van der Waals surface area contributed by atoms with E-state index in [2.05, 4.69) is 10.6 Å². The van der Waals surface area contributed by atoms with Gasteiger partial charge in [-0.25, -0.2) is 4.79 Å². The van der Waals surface area contributed by atoms with E-state index in [0.29, 0.717) is 15.7 Å². The van der Waals surface area contributed by atoms with Crippen LogP contribution in [0.2, 0.25) is 10.0 Å². The third kappa shape index (κ3) is 4.34. The van der Waals surface area contributed by atoms with Crippen LogP contribution in [-0.2, 0) is 0 Å². The summed E-state index contributed by atoms with van der Waals surface area (Å²) >= 11 is 13.4. The van der Waals surface area contributed by atoms with E-state index in [0.717, 1.165) is 10.6 Å². The van der Waals surface area contributed by atoms with Gasteiger partial charge in [-0.05, 0) is 42.7 Å². The SMILES string of the molecule is CSc1cccc(NC(=O)Nc2cc(Cl)cc(Cl)c2)c1. The molecule has 0 aliphatic carbocycles. The van der Waals surface area contributed by atoms with Gasteiger partial charge in [-0.2, -0.15) is 0 Å². The average molecular weight is 327 g/mol. The quantitative estimate of drug-likeness (QED) is 0.745. The minimum absolute atomic E-state index is 0.346. The van der Waals surface area contributed by atoms with Crippen molar-refractivity contribution in [2.24, 2.45) is 0 Å². The molecule has 0 atom stereocenters. The van der Waals surface area contributed by atoms with Gasteiger partial charge in [0.05, 0.1) is 0 Å². The fourth-order valence-corrected chi connectivity index (χ4v) is 2.61. The number of carbonyl (C=O) groups is 1. The second-order valence-corrected chi connectivity index (χ2v) is 5.72. The van der Waals surface area contributed by atoms with Crippen molar-refractivity contribution in [1.29, 1.82) is 0 Å². The van der Waals surface area contributed by atoms with Gasteiger partial charge in [0.2, 0.25) is 0 Å². The topological polar surface area (TPSA) is 41.1 Å². The molecule has 0 aliphatic heterocycles. The van der Waals surface area contributed by atoms with Crippen molar-refractivity contribution in [2.45, 2.75) is 4.90 Å². The number of hydrogen-bond donors (Lipinski definition) is 2. The Balaban J connectivity index is 2.04. The molecule has 20 heavy (non-hydrogen) atoms. The first-order valence-electron chi connectivity index (χ1n) is 5.75. The smallest absolute Gasteiger partial charge is 0.308 e.